The van der Waals surface area contributed by atoms with Crippen molar-refractivity contribution in [3.05, 3.63) is 0 Å². The van der Waals surface area contributed by atoms with Crippen molar-refractivity contribution >= 4 is 41.4 Å². The number of carbonyl (C=O) groups excluding carboxylic acids is 3. The number of unbranched alkanes of at least 4 members (excludes halogenated alkanes) is 1. The van der Waals surface area contributed by atoms with Gasteiger partial charge in [0, 0.05) is 0 Å². The number of carboxylic acid groups (broad SMARTS) is 2. The predicted octanol–water partition coefficient (Wildman–Crippen LogP) is -0.744. The summed E-state index contributed by atoms with van der Waals surface area (Å²) in [6.07, 6.45) is 2.88. The Morgan fingerprint density at radius 3 is 1.91 bits per heavy atom. The van der Waals surface area contributed by atoms with Crippen LogP contribution < -0.4 is 27.4 Å². The first kappa shape index (κ1) is 31.6. The Morgan fingerprint density at radius 1 is 0.853 bits per heavy atom. The molecule has 0 aliphatic heterocycles. The second-order valence-corrected chi connectivity index (χ2v) is 9.41. The molecule has 196 valence electrons. The molecule has 0 aromatic rings. The molecule has 4 atom stereocenters. The predicted molar refractivity (Wildman–Crippen MR) is 129 cm³/mol. The van der Waals surface area contributed by atoms with Crippen LogP contribution in [-0.2, 0) is 24.0 Å². The third kappa shape index (κ3) is 13.4. The summed E-state index contributed by atoms with van der Waals surface area (Å²) in [6.45, 7) is 4.12. The fraction of sp³-hybridized carbons (Fsp3) is 0.762. The molecule has 0 radical (unpaired) electrons. The minimum Gasteiger partial charge on any atom is -0.481 e. The van der Waals surface area contributed by atoms with E-state index >= 15 is 0 Å². The highest BCUT2D eigenvalue weighted by molar-refractivity contribution is 7.98. The number of hydrogen-bond donors (Lipinski definition) is 7. The molecule has 0 aliphatic rings. The van der Waals surface area contributed by atoms with E-state index in [1.54, 1.807) is 6.26 Å². The largest absolute Gasteiger partial charge is 0.481 e. The topological polar surface area (TPSA) is 214 Å². The molecule has 12 nitrogen and oxygen atoms in total. The van der Waals surface area contributed by atoms with Crippen LogP contribution in [-0.4, -0.2) is 82.6 Å². The van der Waals surface area contributed by atoms with E-state index in [1.807, 2.05) is 13.8 Å². The zero-order valence-corrected chi connectivity index (χ0v) is 20.9. The summed E-state index contributed by atoms with van der Waals surface area (Å²) < 4.78 is 0. The molecule has 34 heavy (non-hydrogen) atoms. The van der Waals surface area contributed by atoms with Crippen molar-refractivity contribution in [3.8, 4) is 0 Å². The fourth-order valence-corrected chi connectivity index (χ4v) is 3.55. The van der Waals surface area contributed by atoms with Gasteiger partial charge in [0.05, 0.1) is 12.5 Å². The van der Waals surface area contributed by atoms with E-state index in [0.717, 1.165) is 0 Å². The van der Waals surface area contributed by atoms with E-state index < -0.39 is 60.2 Å². The van der Waals surface area contributed by atoms with Gasteiger partial charge in [-0.15, -0.1) is 0 Å². The van der Waals surface area contributed by atoms with Gasteiger partial charge in [0.25, 0.3) is 0 Å². The monoisotopic (exact) mass is 505 g/mol. The lowest BCUT2D eigenvalue weighted by atomic mass is 10.0. The van der Waals surface area contributed by atoms with Crippen molar-refractivity contribution < 1.29 is 34.2 Å². The molecule has 0 heterocycles. The van der Waals surface area contributed by atoms with Crippen LogP contribution in [0.1, 0.15) is 52.4 Å². The van der Waals surface area contributed by atoms with Crippen molar-refractivity contribution in [1.82, 2.24) is 16.0 Å². The molecule has 0 aliphatic carbocycles. The summed E-state index contributed by atoms with van der Waals surface area (Å²) in [7, 11) is 0. The van der Waals surface area contributed by atoms with Crippen molar-refractivity contribution in [2.75, 3.05) is 18.6 Å². The summed E-state index contributed by atoms with van der Waals surface area (Å²) in [6, 6.07) is -4.65. The van der Waals surface area contributed by atoms with Crippen molar-refractivity contribution in [3.63, 3.8) is 0 Å². The highest BCUT2D eigenvalue weighted by Gasteiger charge is 2.31. The Bertz CT molecular complexity index is 692. The smallest absolute Gasteiger partial charge is 0.326 e. The maximum Gasteiger partial charge on any atom is 0.326 e. The van der Waals surface area contributed by atoms with Crippen molar-refractivity contribution in [2.24, 2.45) is 17.4 Å². The van der Waals surface area contributed by atoms with Crippen LogP contribution >= 0.6 is 11.8 Å². The Kier molecular flexibility index (Phi) is 15.9. The van der Waals surface area contributed by atoms with Gasteiger partial charge in [-0.05, 0) is 56.6 Å². The Balaban J connectivity index is 5.42. The number of carbonyl (C=O) groups is 5. The van der Waals surface area contributed by atoms with Gasteiger partial charge in [-0.3, -0.25) is 19.2 Å². The number of thioether (sulfide) groups is 1. The van der Waals surface area contributed by atoms with Crippen LogP contribution in [0.5, 0.6) is 0 Å². The Hall–Kier alpha value is -2.38. The molecule has 0 saturated heterocycles. The van der Waals surface area contributed by atoms with Crippen LogP contribution in [0.4, 0.5) is 0 Å². The highest BCUT2D eigenvalue weighted by Crippen LogP contribution is 2.07. The lowest BCUT2D eigenvalue weighted by Gasteiger charge is -2.25. The van der Waals surface area contributed by atoms with Crippen LogP contribution in [0.2, 0.25) is 0 Å². The number of amides is 3. The standard InChI is InChI=1S/C21H39N5O7S/c1-12(2)10-13(23)18(29)26-16(11-17(27)28)20(31)24-14(7-9-34-3)19(30)25-15(21(32)33)6-4-5-8-22/h12-16H,4-11,22-23H2,1-3H3,(H,24,31)(H,25,30)(H,26,29)(H,27,28)(H,32,33). The van der Waals surface area contributed by atoms with Crippen LogP contribution in [0.15, 0.2) is 0 Å². The van der Waals surface area contributed by atoms with Crippen molar-refractivity contribution in [1.29, 1.82) is 0 Å². The Morgan fingerprint density at radius 2 is 1.41 bits per heavy atom. The minimum atomic E-state index is -1.45. The average Bonchev–Trinajstić information content (AvgIpc) is 2.74. The van der Waals surface area contributed by atoms with Gasteiger partial charge in [0.2, 0.25) is 17.7 Å². The minimum absolute atomic E-state index is 0.110. The van der Waals surface area contributed by atoms with Gasteiger partial charge >= 0.3 is 11.9 Å². The summed E-state index contributed by atoms with van der Waals surface area (Å²) in [5, 5.41) is 25.8. The van der Waals surface area contributed by atoms with E-state index in [0.29, 0.717) is 31.6 Å². The first-order valence-corrected chi connectivity index (χ1v) is 12.6. The summed E-state index contributed by atoms with van der Waals surface area (Å²) >= 11 is 1.41. The highest BCUT2D eigenvalue weighted by atomic mass is 32.2. The molecule has 0 rings (SSSR count). The number of rotatable bonds is 18. The second-order valence-electron chi connectivity index (χ2n) is 8.42. The molecular weight excluding hydrogens is 466 g/mol. The summed E-state index contributed by atoms with van der Waals surface area (Å²) in [4.78, 5) is 60.7. The normalized spacial score (nSPS) is 14.5. The van der Waals surface area contributed by atoms with Gasteiger partial charge in [-0.1, -0.05) is 13.8 Å². The molecule has 0 fully saturated rings. The SMILES string of the molecule is CSCCC(NC(=O)C(CC(=O)O)NC(=O)C(N)CC(C)C)C(=O)NC(CCCCN)C(=O)O. The third-order valence-corrected chi connectivity index (χ3v) is 5.52. The number of hydrogen-bond acceptors (Lipinski definition) is 8. The maximum absolute atomic E-state index is 12.8. The Labute approximate surface area is 204 Å². The molecule has 0 saturated carbocycles. The lowest BCUT2D eigenvalue weighted by molar-refractivity contribution is -0.143. The quantitative estimate of drug-likeness (QED) is 0.116. The van der Waals surface area contributed by atoms with E-state index in [-0.39, 0.29) is 18.8 Å². The van der Waals surface area contributed by atoms with E-state index in [1.165, 1.54) is 11.8 Å². The summed E-state index contributed by atoms with van der Waals surface area (Å²) in [5.41, 5.74) is 11.2. The van der Waals surface area contributed by atoms with E-state index in [2.05, 4.69) is 16.0 Å². The first-order chi connectivity index (χ1) is 15.9. The molecule has 4 unspecified atom stereocenters. The zero-order valence-electron chi connectivity index (χ0n) is 20.0. The van der Waals surface area contributed by atoms with Crippen LogP contribution in [0, 0.1) is 5.92 Å². The van der Waals surface area contributed by atoms with Crippen LogP contribution in [0.3, 0.4) is 0 Å². The molecule has 0 spiro atoms. The van der Waals surface area contributed by atoms with Crippen molar-refractivity contribution in [2.45, 2.75) is 76.5 Å². The molecule has 9 N–H and O–H groups in total. The molecule has 0 aromatic carbocycles. The molecule has 13 heteroatoms. The second kappa shape index (κ2) is 17.1. The van der Waals surface area contributed by atoms with E-state index in [9.17, 15) is 34.2 Å². The molecular formula is C21H39N5O7S. The van der Waals surface area contributed by atoms with Gasteiger partial charge in [0.15, 0.2) is 0 Å². The zero-order chi connectivity index (χ0) is 26.3. The van der Waals surface area contributed by atoms with Gasteiger partial charge in [-0.2, -0.15) is 11.8 Å². The first-order valence-electron chi connectivity index (χ1n) is 11.2. The molecule has 3 amide bonds. The number of carboxylic acids is 2. The lowest BCUT2D eigenvalue weighted by Crippen LogP contribution is -2.57. The molecule has 0 bridgehead atoms. The number of nitrogens with two attached hydrogens (primary N) is 2. The van der Waals surface area contributed by atoms with Crippen LogP contribution in [0.25, 0.3) is 0 Å². The van der Waals surface area contributed by atoms with Gasteiger partial charge < -0.3 is 37.6 Å². The third-order valence-electron chi connectivity index (χ3n) is 4.88. The summed E-state index contributed by atoms with van der Waals surface area (Å²) in [5.74, 6) is -4.21. The maximum atomic E-state index is 12.8. The average molecular weight is 506 g/mol. The number of nitrogens with one attached hydrogen (secondary N) is 3. The van der Waals surface area contributed by atoms with Gasteiger partial charge in [0.1, 0.15) is 18.1 Å². The fourth-order valence-electron chi connectivity index (χ4n) is 3.08. The number of aliphatic carboxylic acids is 2. The van der Waals surface area contributed by atoms with E-state index in [4.69, 9.17) is 11.5 Å². The van der Waals surface area contributed by atoms with Gasteiger partial charge in [-0.25, -0.2) is 4.79 Å². The molecule has 0 aromatic heterocycles.